The zero-order chi connectivity index (χ0) is 32.1. The predicted molar refractivity (Wildman–Crippen MR) is 165 cm³/mol. The van der Waals surface area contributed by atoms with E-state index in [1.807, 2.05) is 0 Å². The number of alkyl halides is 3. The van der Waals surface area contributed by atoms with Gasteiger partial charge in [-0.3, -0.25) is 19.3 Å². The molecule has 1 aliphatic heterocycles. The molecule has 5 rings (SSSR count). The van der Waals surface area contributed by atoms with Crippen LogP contribution in [0.5, 0.6) is 0 Å². The lowest BCUT2D eigenvalue weighted by Crippen LogP contribution is -2.45. The smallest absolute Gasteiger partial charge is 0.395 e. The zero-order valence-corrected chi connectivity index (χ0v) is 25.8. The maximum atomic E-state index is 14.4. The number of benzene rings is 2. The molecule has 2 atom stereocenters. The largest absolute Gasteiger partial charge is 0.416 e. The summed E-state index contributed by atoms with van der Waals surface area (Å²) in [6, 6.07) is 8.70. The molecule has 2 fully saturated rings. The summed E-state index contributed by atoms with van der Waals surface area (Å²) in [7, 11) is 0. The van der Waals surface area contributed by atoms with E-state index in [1.165, 1.54) is 30.3 Å². The van der Waals surface area contributed by atoms with Crippen LogP contribution in [0.3, 0.4) is 0 Å². The highest BCUT2D eigenvalue weighted by atomic mass is 35.5. The number of anilines is 2. The number of hydrogen-bond acceptors (Lipinski definition) is 7. The average molecular weight is 664 g/mol. The fourth-order valence-electron chi connectivity index (χ4n) is 5.62. The Labute approximate surface area is 267 Å². The van der Waals surface area contributed by atoms with E-state index in [2.05, 4.69) is 15.0 Å². The van der Waals surface area contributed by atoms with Crippen molar-refractivity contribution >= 4 is 52.2 Å². The van der Waals surface area contributed by atoms with E-state index in [9.17, 15) is 27.6 Å². The molecule has 3 aromatic rings. The third-order valence-corrected chi connectivity index (χ3v) is 9.07. The molecule has 240 valence electrons. The Morgan fingerprint density at radius 1 is 1.07 bits per heavy atom. The first kappa shape index (κ1) is 32.7. The molecule has 9 nitrogen and oxygen atoms in total. The van der Waals surface area contributed by atoms with Crippen molar-refractivity contribution in [1.29, 1.82) is 0 Å². The van der Waals surface area contributed by atoms with Crippen molar-refractivity contribution < 1.29 is 32.3 Å². The van der Waals surface area contributed by atoms with Crippen LogP contribution in [0.1, 0.15) is 82.3 Å². The summed E-state index contributed by atoms with van der Waals surface area (Å²) < 4.78 is 51.3. The van der Waals surface area contributed by atoms with Crippen molar-refractivity contribution in [3.63, 3.8) is 0 Å². The number of nitrogens with one attached hydrogen (secondary N) is 2. The Hall–Kier alpha value is -3.68. The van der Waals surface area contributed by atoms with Gasteiger partial charge >= 0.3 is 6.18 Å². The van der Waals surface area contributed by atoms with Crippen LogP contribution < -0.4 is 21.3 Å². The molecule has 45 heavy (non-hydrogen) atoms. The summed E-state index contributed by atoms with van der Waals surface area (Å²) >= 11 is 6.75. The molecular formula is C31H33ClF3N5O4S. The molecule has 1 aliphatic carbocycles. The first-order valence-electron chi connectivity index (χ1n) is 14.7. The number of rotatable bonds is 9. The second kappa shape index (κ2) is 14.2. The van der Waals surface area contributed by atoms with Crippen LogP contribution in [0.25, 0.3) is 0 Å². The number of nitrogen functional groups attached to an aromatic ring is 1. The van der Waals surface area contributed by atoms with Gasteiger partial charge in [-0.2, -0.15) is 17.5 Å². The van der Waals surface area contributed by atoms with Gasteiger partial charge in [0, 0.05) is 29.9 Å². The minimum Gasteiger partial charge on any atom is -0.395 e. The topological polar surface area (TPSA) is 127 Å². The van der Waals surface area contributed by atoms with Crippen molar-refractivity contribution in [2.24, 2.45) is 0 Å². The third-order valence-electron chi connectivity index (χ3n) is 7.97. The lowest BCUT2D eigenvalue weighted by Gasteiger charge is -2.32. The highest BCUT2D eigenvalue weighted by Gasteiger charge is 2.38. The van der Waals surface area contributed by atoms with Gasteiger partial charge in [0.05, 0.1) is 17.4 Å². The fraction of sp³-hybridized carbons (Fsp3) is 0.419. The maximum absolute atomic E-state index is 14.4. The normalized spacial score (nSPS) is 17.9. The van der Waals surface area contributed by atoms with E-state index in [0.29, 0.717) is 23.2 Å². The third kappa shape index (κ3) is 7.77. The van der Waals surface area contributed by atoms with Crippen molar-refractivity contribution in [3.8, 4) is 0 Å². The molecule has 2 aromatic carbocycles. The van der Waals surface area contributed by atoms with E-state index in [0.717, 1.165) is 68.0 Å². The monoisotopic (exact) mass is 663 g/mol. The van der Waals surface area contributed by atoms with Crippen molar-refractivity contribution in [3.05, 3.63) is 75.3 Å². The van der Waals surface area contributed by atoms with Crippen molar-refractivity contribution in [1.82, 2.24) is 15.0 Å². The Kier molecular flexibility index (Phi) is 10.3. The summed E-state index contributed by atoms with van der Waals surface area (Å²) in [5.74, 6) is -2.09. The molecule has 1 aromatic heterocycles. The second-order valence-electron chi connectivity index (χ2n) is 11.1. The van der Waals surface area contributed by atoms with Gasteiger partial charge in [-0.05, 0) is 73.1 Å². The molecular weight excluding hydrogens is 631 g/mol. The van der Waals surface area contributed by atoms with Crippen LogP contribution in [-0.4, -0.2) is 47.4 Å². The van der Waals surface area contributed by atoms with Gasteiger partial charge < -0.3 is 21.1 Å². The first-order valence-corrected chi connectivity index (χ1v) is 15.9. The van der Waals surface area contributed by atoms with Gasteiger partial charge in [0.15, 0.2) is 5.69 Å². The molecule has 14 heteroatoms. The number of aromatic nitrogens is 1. The summed E-state index contributed by atoms with van der Waals surface area (Å²) in [6.45, 7) is 0.693. The Bertz CT molecular complexity index is 1520. The number of nitrogens with two attached hydrogens (primary N) is 1. The van der Waals surface area contributed by atoms with Crippen LogP contribution in [0.2, 0.25) is 5.02 Å². The van der Waals surface area contributed by atoms with Crippen molar-refractivity contribution in [2.45, 2.75) is 69.3 Å². The lowest BCUT2D eigenvalue weighted by atomic mass is 9.95. The van der Waals surface area contributed by atoms with Gasteiger partial charge in [0.25, 0.3) is 11.8 Å². The number of carbonyl (C=O) groups is 3. The van der Waals surface area contributed by atoms with E-state index >= 15 is 0 Å². The molecule has 2 heterocycles. The number of halogens is 4. The number of carbonyl (C=O) groups excluding carboxylic acids is 3. The summed E-state index contributed by atoms with van der Waals surface area (Å²) in [4.78, 5) is 42.1. The number of amides is 3. The maximum Gasteiger partial charge on any atom is 0.416 e. The average Bonchev–Trinajstić information content (AvgIpc) is 3.69. The molecule has 2 aliphatic rings. The quantitative estimate of drug-likeness (QED) is 0.252. The Morgan fingerprint density at radius 3 is 2.47 bits per heavy atom. The van der Waals surface area contributed by atoms with E-state index in [-0.39, 0.29) is 46.2 Å². The fourth-order valence-corrected chi connectivity index (χ4v) is 6.48. The minimum atomic E-state index is -4.73. The first-order chi connectivity index (χ1) is 21.5. The second-order valence-corrected chi connectivity index (χ2v) is 12.3. The molecule has 4 N–H and O–H groups in total. The molecule has 3 amide bonds. The van der Waals surface area contributed by atoms with E-state index < -0.39 is 35.5 Å². The van der Waals surface area contributed by atoms with Crippen LogP contribution in [-0.2, 0) is 15.7 Å². The van der Waals surface area contributed by atoms with Gasteiger partial charge in [-0.1, -0.05) is 49.1 Å². The minimum absolute atomic E-state index is 0.0464. The van der Waals surface area contributed by atoms with E-state index in [1.54, 1.807) is 0 Å². The SMILES string of the molecule is Nc1c(C(=O)NC2CCCCC2)nsc1C(=O)N(c1cccc(C(F)(F)F)c1)[C@H](C(=O)NC[C@H]1CCCO1)c1ccc(Cl)cc1. The molecule has 0 unspecified atom stereocenters. The zero-order valence-electron chi connectivity index (χ0n) is 24.2. The van der Waals surface area contributed by atoms with Crippen LogP contribution >= 0.6 is 23.1 Å². The highest BCUT2D eigenvalue weighted by Crippen LogP contribution is 2.37. The van der Waals surface area contributed by atoms with Gasteiger partial charge in [-0.15, -0.1) is 0 Å². The Morgan fingerprint density at radius 2 is 1.80 bits per heavy atom. The Balaban J connectivity index is 1.55. The molecule has 1 saturated carbocycles. The van der Waals surface area contributed by atoms with Gasteiger partial charge in [-0.25, -0.2) is 0 Å². The van der Waals surface area contributed by atoms with Crippen LogP contribution in [0.15, 0.2) is 48.5 Å². The highest BCUT2D eigenvalue weighted by molar-refractivity contribution is 7.09. The van der Waals surface area contributed by atoms with Crippen molar-refractivity contribution in [2.75, 3.05) is 23.8 Å². The summed E-state index contributed by atoms with van der Waals surface area (Å²) in [5, 5.41) is 6.07. The molecule has 0 spiro atoms. The lowest BCUT2D eigenvalue weighted by molar-refractivity contribution is -0.137. The predicted octanol–water partition coefficient (Wildman–Crippen LogP) is 6.14. The molecule has 0 radical (unpaired) electrons. The number of nitrogens with zero attached hydrogens (tertiary/aromatic N) is 2. The van der Waals surface area contributed by atoms with Crippen LogP contribution in [0.4, 0.5) is 24.5 Å². The summed E-state index contributed by atoms with van der Waals surface area (Å²) in [5.41, 5.74) is 5.02. The van der Waals surface area contributed by atoms with Crippen LogP contribution in [0, 0.1) is 0 Å². The summed E-state index contributed by atoms with van der Waals surface area (Å²) in [6.07, 6.45) is 1.27. The number of ether oxygens (including phenoxy) is 1. The van der Waals surface area contributed by atoms with Gasteiger partial charge in [0.1, 0.15) is 10.9 Å². The molecule has 1 saturated heterocycles. The van der Waals surface area contributed by atoms with Gasteiger partial charge in [0.2, 0.25) is 5.91 Å². The molecule has 0 bridgehead atoms. The van der Waals surface area contributed by atoms with E-state index in [4.69, 9.17) is 22.1 Å². The number of hydrogen-bond donors (Lipinski definition) is 3. The standard InChI is InChI=1S/C31H33ClF3N5O4S/c32-20-13-11-18(12-14-20)26(29(42)37-17-23-10-5-15-44-23)40(22-9-4-6-19(16-22)31(33,34)35)30(43)27-24(36)25(39-45-27)28(41)38-21-7-2-1-3-8-21/h4,6,9,11-14,16,21,23,26H,1-3,5,7-8,10,15,17,36H2,(H,37,42)(H,38,41)/t23-,26+/m1/s1.